The molecule has 1 saturated carbocycles. The smallest absolute Gasteiger partial charge is 0.416 e. The van der Waals surface area contributed by atoms with Crippen molar-refractivity contribution in [3.63, 3.8) is 0 Å². The molecule has 0 unspecified atom stereocenters. The monoisotopic (exact) mass is 401 g/mol. The number of ether oxygens (including phenoxy) is 1. The van der Waals surface area contributed by atoms with Gasteiger partial charge in [0.05, 0.1) is 5.56 Å². The second-order valence-corrected chi connectivity index (χ2v) is 7.87. The van der Waals surface area contributed by atoms with Crippen LogP contribution in [0.25, 0.3) is 0 Å². The minimum Gasteiger partial charge on any atom is -0.444 e. The minimum atomic E-state index is -4.41. The molecule has 3 amide bonds. The summed E-state index contributed by atoms with van der Waals surface area (Å²) in [6, 6.07) is 3.72. The van der Waals surface area contributed by atoms with Crippen molar-refractivity contribution in [2.24, 2.45) is 0 Å². The number of rotatable bonds is 3. The maximum atomic E-state index is 12.5. The molecule has 0 aliphatic heterocycles. The van der Waals surface area contributed by atoms with Crippen LogP contribution < -0.4 is 16.0 Å². The summed E-state index contributed by atoms with van der Waals surface area (Å²) < 4.78 is 42.9. The van der Waals surface area contributed by atoms with Crippen LogP contribution in [0.5, 0.6) is 0 Å². The van der Waals surface area contributed by atoms with E-state index in [1.54, 1.807) is 20.8 Å². The van der Waals surface area contributed by atoms with Crippen molar-refractivity contribution in [2.45, 2.75) is 70.3 Å². The van der Waals surface area contributed by atoms with Crippen LogP contribution in [0.15, 0.2) is 24.3 Å². The summed E-state index contributed by atoms with van der Waals surface area (Å²) in [5.41, 5.74) is -1.04. The second kappa shape index (κ2) is 8.70. The lowest BCUT2D eigenvalue weighted by molar-refractivity contribution is -0.137. The van der Waals surface area contributed by atoms with Crippen LogP contribution in [0.4, 0.5) is 28.4 Å². The van der Waals surface area contributed by atoms with Crippen LogP contribution in [-0.4, -0.2) is 29.8 Å². The first-order valence-corrected chi connectivity index (χ1v) is 9.17. The van der Waals surface area contributed by atoms with E-state index in [2.05, 4.69) is 16.0 Å². The molecule has 6 nitrogen and oxygen atoms in total. The summed E-state index contributed by atoms with van der Waals surface area (Å²) in [4.78, 5) is 23.8. The zero-order valence-electron chi connectivity index (χ0n) is 16.2. The molecule has 1 fully saturated rings. The number of alkyl halides is 3. The summed E-state index contributed by atoms with van der Waals surface area (Å²) in [7, 11) is 0. The van der Waals surface area contributed by atoms with E-state index < -0.39 is 29.5 Å². The topological polar surface area (TPSA) is 79.5 Å². The van der Waals surface area contributed by atoms with Gasteiger partial charge >= 0.3 is 18.3 Å². The molecule has 0 atom stereocenters. The van der Waals surface area contributed by atoms with Gasteiger partial charge in [0.15, 0.2) is 0 Å². The Balaban J connectivity index is 1.74. The normalized spacial score (nSPS) is 20.2. The fraction of sp³-hybridized carbons (Fsp3) is 0.579. The maximum absolute atomic E-state index is 12.5. The van der Waals surface area contributed by atoms with E-state index >= 15 is 0 Å². The first-order chi connectivity index (χ1) is 12.9. The lowest BCUT2D eigenvalue weighted by Crippen LogP contribution is -2.45. The van der Waals surface area contributed by atoms with Crippen molar-refractivity contribution in [2.75, 3.05) is 5.32 Å². The fourth-order valence-electron chi connectivity index (χ4n) is 2.95. The molecule has 0 heterocycles. The third kappa shape index (κ3) is 7.28. The number of nitrogens with one attached hydrogen (secondary N) is 3. The number of halogens is 3. The van der Waals surface area contributed by atoms with E-state index in [4.69, 9.17) is 4.74 Å². The van der Waals surface area contributed by atoms with Crippen LogP contribution in [0.3, 0.4) is 0 Å². The number of anilines is 1. The highest BCUT2D eigenvalue weighted by Crippen LogP contribution is 2.29. The molecular weight excluding hydrogens is 375 g/mol. The SMILES string of the molecule is CC(C)(C)OC(=O)NC1CCC(NC(=O)Nc2ccc(C(F)(F)F)cc2)CC1. The Bertz CT molecular complexity index is 676. The molecule has 0 saturated heterocycles. The van der Waals surface area contributed by atoms with Gasteiger partial charge in [-0.05, 0) is 70.7 Å². The Hall–Kier alpha value is -2.45. The van der Waals surface area contributed by atoms with Gasteiger partial charge in [-0.1, -0.05) is 0 Å². The first kappa shape index (κ1) is 21.8. The van der Waals surface area contributed by atoms with Gasteiger partial charge in [-0.3, -0.25) is 0 Å². The number of benzene rings is 1. The van der Waals surface area contributed by atoms with Crippen molar-refractivity contribution >= 4 is 17.8 Å². The zero-order valence-corrected chi connectivity index (χ0v) is 16.2. The Morgan fingerprint density at radius 3 is 1.89 bits per heavy atom. The Morgan fingerprint density at radius 1 is 0.929 bits per heavy atom. The highest BCUT2D eigenvalue weighted by molar-refractivity contribution is 5.89. The predicted octanol–water partition coefficient (Wildman–Crippen LogP) is 4.66. The van der Waals surface area contributed by atoms with Crippen LogP contribution >= 0.6 is 0 Å². The molecule has 0 radical (unpaired) electrons. The standard InChI is InChI=1S/C19H26F3N3O3/c1-18(2,3)28-17(27)25-15-10-8-14(9-11-15)24-16(26)23-13-6-4-12(5-7-13)19(20,21)22/h4-7,14-15H,8-11H2,1-3H3,(H,25,27)(H2,23,24,26). The summed E-state index contributed by atoms with van der Waals surface area (Å²) in [6.07, 6.45) is -2.10. The van der Waals surface area contributed by atoms with Gasteiger partial charge in [-0.25, -0.2) is 9.59 Å². The van der Waals surface area contributed by atoms with Gasteiger partial charge in [0, 0.05) is 17.8 Å². The van der Waals surface area contributed by atoms with Crippen molar-refractivity contribution in [1.29, 1.82) is 0 Å². The molecular formula is C19H26F3N3O3. The Morgan fingerprint density at radius 2 is 1.43 bits per heavy atom. The van der Waals surface area contributed by atoms with Crippen molar-refractivity contribution in [3.8, 4) is 0 Å². The number of carbonyl (C=O) groups is 2. The van der Waals surface area contributed by atoms with Crippen molar-refractivity contribution in [1.82, 2.24) is 10.6 Å². The Kier molecular flexibility index (Phi) is 6.79. The molecule has 0 bridgehead atoms. The number of hydrogen-bond acceptors (Lipinski definition) is 3. The highest BCUT2D eigenvalue weighted by atomic mass is 19.4. The number of carbonyl (C=O) groups excluding carboxylic acids is 2. The summed E-state index contributed by atoms with van der Waals surface area (Å²) in [5, 5.41) is 8.16. The summed E-state index contributed by atoms with van der Waals surface area (Å²) >= 11 is 0. The molecule has 3 N–H and O–H groups in total. The third-order valence-electron chi connectivity index (χ3n) is 4.25. The maximum Gasteiger partial charge on any atom is 0.416 e. The number of hydrogen-bond donors (Lipinski definition) is 3. The Labute approximate surface area is 162 Å². The van der Waals surface area contributed by atoms with Gasteiger partial charge < -0.3 is 20.7 Å². The fourth-order valence-corrected chi connectivity index (χ4v) is 2.95. The number of urea groups is 1. The van der Waals surface area contributed by atoms with Gasteiger partial charge in [0.2, 0.25) is 0 Å². The van der Waals surface area contributed by atoms with Crippen LogP contribution in [0, 0.1) is 0 Å². The molecule has 2 rings (SSSR count). The number of amides is 3. The molecule has 1 aliphatic rings. The van der Waals surface area contributed by atoms with Crippen molar-refractivity contribution < 1.29 is 27.5 Å². The molecule has 0 spiro atoms. The third-order valence-corrected chi connectivity index (χ3v) is 4.25. The first-order valence-electron chi connectivity index (χ1n) is 9.17. The minimum absolute atomic E-state index is 0.00845. The molecule has 28 heavy (non-hydrogen) atoms. The van der Waals surface area contributed by atoms with Crippen LogP contribution in [0.1, 0.15) is 52.0 Å². The largest absolute Gasteiger partial charge is 0.444 e. The van der Waals surface area contributed by atoms with Crippen LogP contribution in [-0.2, 0) is 10.9 Å². The van der Waals surface area contributed by atoms with Gasteiger partial charge in [-0.2, -0.15) is 13.2 Å². The van der Waals surface area contributed by atoms with E-state index in [-0.39, 0.29) is 17.8 Å². The predicted molar refractivity (Wildman–Crippen MR) is 99.0 cm³/mol. The van der Waals surface area contributed by atoms with Gasteiger partial charge in [0.1, 0.15) is 5.60 Å². The van der Waals surface area contributed by atoms with E-state index in [1.807, 2.05) is 0 Å². The molecule has 1 aromatic rings. The van der Waals surface area contributed by atoms with Gasteiger partial charge in [-0.15, -0.1) is 0 Å². The van der Waals surface area contributed by atoms with Gasteiger partial charge in [0.25, 0.3) is 0 Å². The summed E-state index contributed by atoms with van der Waals surface area (Å²) in [6.45, 7) is 5.38. The highest BCUT2D eigenvalue weighted by Gasteiger charge is 2.30. The molecule has 156 valence electrons. The van der Waals surface area contributed by atoms with E-state index in [0.29, 0.717) is 25.7 Å². The van der Waals surface area contributed by atoms with E-state index in [1.165, 1.54) is 12.1 Å². The molecule has 0 aromatic heterocycles. The van der Waals surface area contributed by atoms with E-state index in [9.17, 15) is 22.8 Å². The second-order valence-electron chi connectivity index (χ2n) is 7.87. The quantitative estimate of drug-likeness (QED) is 0.689. The average Bonchev–Trinajstić information content (AvgIpc) is 2.54. The molecule has 1 aliphatic carbocycles. The van der Waals surface area contributed by atoms with E-state index in [0.717, 1.165) is 12.1 Å². The van der Waals surface area contributed by atoms with Crippen molar-refractivity contribution in [3.05, 3.63) is 29.8 Å². The zero-order chi connectivity index (χ0) is 20.9. The summed E-state index contributed by atoms with van der Waals surface area (Å²) in [5.74, 6) is 0. The molecule has 9 heteroatoms. The number of alkyl carbamates (subject to hydrolysis) is 1. The molecule has 1 aromatic carbocycles. The lowest BCUT2D eigenvalue weighted by Gasteiger charge is -2.30. The van der Waals surface area contributed by atoms with Crippen LogP contribution in [0.2, 0.25) is 0 Å². The lowest BCUT2D eigenvalue weighted by atomic mass is 9.91. The average molecular weight is 401 g/mol.